The van der Waals surface area contributed by atoms with Gasteiger partial charge in [0.1, 0.15) is 11.8 Å². The van der Waals surface area contributed by atoms with Gasteiger partial charge in [-0.2, -0.15) is 9.94 Å². The van der Waals surface area contributed by atoms with Crippen molar-refractivity contribution in [1.82, 2.24) is 19.7 Å². The Hall–Kier alpha value is -4.01. The van der Waals surface area contributed by atoms with Gasteiger partial charge in [0.25, 0.3) is 5.56 Å². The quantitative estimate of drug-likeness (QED) is 0.424. The molecule has 0 fully saturated rings. The van der Waals surface area contributed by atoms with Gasteiger partial charge < -0.3 is 14.5 Å². The molecule has 0 radical (unpaired) electrons. The van der Waals surface area contributed by atoms with Crippen LogP contribution < -0.4 is 16.0 Å². The highest BCUT2D eigenvalue weighted by atomic mass is 35.5. The molecule has 1 aliphatic heterocycles. The van der Waals surface area contributed by atoms with Crippen LogP contribution in [0.25, 0.3) is 16.6 Å². The second-order valence-electron chi connectivity index (χ2n) is 9.08. The molecule has 12 heteroatoms. The number of hydrogen-bond donors (Lipinski definition) is 2. The van der Waals surface area contributed by atoms with E-state index in [-0.39, 0.29) is 39.7 Å². The average Bonchev–Trinajstić information content (AvgIpc) is 3.21. The fourth-order valence-corrected chi connectivity index (χ4v) is 4.76. The lowest BCUT2D eigenvalue weighted by molar-refractivity contribution is 0.0629. The van der Waals surface area contributed by atoms with Gasteiger partial charge in [-0.1, -0.05) is 25.4 Å². The van der Waals surface area contributed by atoms with Crippen molar-refractivity contribution in [2.45, 2.75) is 32.8 Å². The maximum Gasteiger partial charge on any atom is 0.349 e. The highest BCUT2D eigenvalue weighted by molar-refractivity contribution is 6.32. The third kappa shape index (κ3) is 3.66. The van der Waals surface area contributed by atoms with Crippen LogP contribution in [0.5, 0.6) is 11.5 Å². The molecular weight excluding hydrogens is 496 g/mol. The van der Waals surface area contributed by atoms with Gasteiger partial charge in [-0.15, -0.1) is 5.10 Å². The maximum absolute atomic E-state index is 15.8. The van der Waals surface area contributed by atoms with E-state index in [1.165, 1.54) is 12.1 Å². The highest BCUT2D eigenvalue weighted by Crippen LogP contribution is 2.43. The first-order valence-corrected chi connectivity index (χ1v) is 11.1. The van der Waals surface area contributed by atoms with Crippen LogP contribution in [0, 0.1) is 29.9 Å². The Morgan fingerprint density at radius 3 is 2.69 bits per heavy atom. The summed E-state index contributed by atoms with van der Waals surface area (Å²) in [6.07, 6.45) is 0. The number of aryl methyl sites for hydroxylation is 1. The van der Waals surface area contributed by atoms with Crippen LogP contribution in [0.4, 0.5) is 8.78 Å². The van der Waals surface area contributed by atoms with Gasteiger partial charge in [-0.3, -0.25) is 9.78 Å². The third-order valence-electron chi connectivity index (χ3n) is 6.00. The Kier molecular flexibility index (Phi) is 5.46. The zero-order valence-corrected chi connectivity index (χ0v) is 20.0. The predicted molar refractivity (Wildman–Crippen MR) is 126 cm³/mol. The lowest BCUT2D eigenvalue weighted by Crippen LogP contribution is -2.33. The molecule has 0 amide bonds. The number of ether oxygens (including phenoxy) is 2. The zero-order chi connectivity index (χ0) is 25.9. The largest absolute Gasteiger partial charge is 0.452 e. The van der Waals surface area contributed by atoms with E-state index in [1.807, 2.05) is 18.8 Å². The minimum Gasteiger partial charge on any atom is -0.452 e. The number of nitrogens with zero attached hydrogens (tertiary/aromatic N) is 3. The smallest absolute Gasteiger partial charge is 0.349 e. The highest BCUT2D eigenvalue weighted by Gasteiger charge is 2.35. The van der Waals surface area contributed by atoms with Crippen molar-refractivity contribution in [3.8, 4) is 23.3 Å². The fourth-order valence-electron chi connectivity index (χ4n) is 4.46. The molecule has 0 unspecified atom stereocenters. The van der Waals surface area contributed by atoms with Crippen LogP contribution in [0.3, 0.4) is 0 Å². The lowest BCUT2D eigenvalue weighted by atomic mass is 9.82. The summed E-state index contributed by atoms with van der Waals surface area (Å²) in [5.74, 6) is -1.79. The van der Waals surface area contributed by atoms with E-state index in [0.29, 0.717) is 23.4 Å². The molecule has 0 saturated carbocycles. The number of aromatic nitrogens is 4. The first-order valence-electron chi connectivity index (χ1n) is 10.7. The molecule has 3 heterocycles. The van der Waals surface area contributed by atoms with Gasteiger partial charge in [-0.05, 0) is 30.2 Å². The molecule has 0 aliphatic carbocycles. The number of H-pyrrole nitrogens is 2. The number of rotatable bonds is 3. The summed E-state index contributed by atoms with van der Waals surface area (Å²) in [7, 11) is 0. The number of nitrogens with one attached hydrogen (secondary N) is 2. The molecule has 2 N–H and O–H groups in total. The number of halogens is 3. The summed E-state index contributed by atoms with van der Waals surface area (Å²) < 4.78 is 42.9. The summed E-state index contributed by atoms with van der Waals surface area (Å²) in [5, 5.41) is 12.8. The summed E-state index contributed by atoms with van der Waals surface area (Å²) in [6.45, 7) is 5.90. The summed E-state index contributed by atoms with van der Waals surface area (Å²) >= 11 is 6.40. The standard InChI is InChI=1S/C24H18ClF2N5O4/c1-10-4-11(32-23(34)30-22(33)14(7-28)31-32)5-12(25)21(10)36-16-6-13(26)20-17(19(16)27)18-15(29-20)8-35-9-24(18,2)3/h4-6,29H,8-9H2,1-3H3,(H,30,33,34). The molecule has 184 valence electrons. The van der Waals surface area contributed by atoms with E-state index in [1.54, 1.807) is 13.0 Å². The molecular formula is C24H18ClF2N5O4. The number of aromatic amines is 2. The van der Waals surface area contributed by atoms with Crippen molar-refractivity contribution >= 4 is 22.5 Å². The summed E-state index contributed by atoms with van der Waals surface area (Å²) in [6, 6.07) is 5.27. The van der Waals surface area contributed by atoms with E-state index in [2.05, 4.69) is 10.1 Å². The Labute approximate surface area is 206 Å². The number of nitriles is 1. The molecule has 2 aromatic carbocycles. The van der Waals surface area contributed by atoms with Crippen LogP contribution >= 0.6 is 11.6 Å². The molecule has 1 aliphatic rings. The molecule has 2 aromatic heterocycles. The summed E-state index contributed by atoms with van der Waals surface area (Å²) in [4.78, 5) is 28.8. The van der Waals surface area contributed by atoms with Crippen molar-refractivity contribution in [2.24, 2.45) is 0 Å². The van der Waals surface area contributed by atoms with Crippen LogP contribution in [0.15, 0.2) is 27.8 Å². The van der Waals surface area contributed by atoms with Crippen molar-refractivity contribution in [1.29, 1.82) is 5.26 Å². The van der Waals surface area contributed by atoms with Crippen LogP contribution in [0.2, 0.25) is 5.02 Å². The van der Waals surface area contributed by atoms with Crippen molar-refractivity contribution in [2.75, 3.05) is 6.61 Å². The summed E-state index contributed by atoms with van der Waals surface area (Å²) in [5.41, 5.74) is -1.14. The van der Waals surface area contributed by atoms with E-state index in [9.17, 15) is 9.59 Å². The van der Waals surface area contributed by atoms with Gasteiger partial charge in [0.05, 0.1) is 29.4 Å². The molecule has 0 spiro atoms. The lowest BCUT2D eigenvalue weighted by Gasteiger charge is -2.30. The van der Waals surface area contributed by atoms with Crippen molar-refractivity contribution < 1.29 is 18.3 Å². The minimum absolute atomic E-state index is 0.0263. The number of fused-ring (bicyclic) bond motifs is 3. The number of hydrogen-bond acceptors (Lipinski definition) is 6. The first-order chi connectivity index (χ1) is 17.0. The van der Waals surface area contributed by atoms with Gasteiger partial charge in [-0.25, -0.2) is 13.6 Å². The monoisotopic (exact) mass is 513 g/mol. The Balaban J connectivity index is 1.62. The molecule has 0 saturated heterocycles. The second kappa shape index (κ2) is 8.29. The average molecular weight is 514 g/mol. The predicted octanol–water partition coefficient (Wildman–Crippen LogP) is 4.11. The maximum atomic E-state index is 15.8. The minimum atomic E-state index is -0.920. The van der Waals surface area contributed by atoms with Crippen molar-refractivity contribution in [3.05, 3.63) is 78.2 Å². The molecule has 5 rings (SSSR count). The normalized spacial score (nSPS) is 14.5. The van der Waals surface area contributed by atoms with E-state index < -0.39 is 34.0 Å². The molecule has 9 nitrogen and oxygen atoms in total. The SMILES string of the molecule is Cc1cc(-n2nc(C#N)c(=O)[nH]c2=O)cc(Cl)c1Oc1cc(F)c2[nH]c3c(c2c1F)C(C)(C)COC3. The zero-order valence-electron chi connectivity index (χ0n) is 19.3. The van der Waals surface area contributed by atoms with Crippen LogP contribution in [-0.2, 0) is 16.8 Å². The van der Waals surface area contributed by atoms with E-state index in [0.717, 1.165) is 10.7 Å². The Morgan fingerprint density at radius 1 is 1.25 bits per heavy atom. The van der Waals surface area contributed by atoms with Gasteiger partial charge in [0, 0.05) is 22.6 Å². The van der Waals surface area contributed by atoms with Gasteiger partial charge in [0.15, 0.2) is 17.4 Å². The van der Waals surface area contributed by atoms with E-state index >= 15 is 8.78 Å². The van der Waals surface area contributed by atoms with Crippen LogP contribution in [-0.4, -0.2) is 26.4 Å². The molecule has 36 heavy (non-hydrogen) atoms. The van der Waals surface area contributed by atoms with Crippen molar-refractivity contribution in [3.63, 3.8) is 0 Å². The number of benzene rings is 2. The fraction of sp³-hybridized carbons (Fsp3) is 0.250. The molecule has 4 aromatic rings. The Morgan fingerprint density at radius 2 is 2.00 bits per heavy atom. The van der Waals surface area contributed by atoms with Gasteiger partial charge >= 0.3 is 5.69 Å². The van der Waals surface area contributed by atoms with Crippen LogP contribution in [0.1, 0.15) is 36.4 Å². The van der Waals surface area contributed by atoms with E-state index in [4.69, 9.17) is 26.3 Å². The molecule has 0 bridgehead atoms. The topological polar surface area (TPSA) is 126 Å². The molecule has 0 atom stereocenters. The van der Waals surface area contributed by atoms with Gasteiger partial charge in [0.2, 0.25) is 5.69 Å². The Bertz CT molecular complexity index is 1710. The first kappa shape index (κ1) is 23.7. The third-order valence-corrected chi connectivity index (χ3v) is 6.28. The second-order valence-corrected chi connectivity index (χ2v) is 9.49.